The molecule has 0 bridgehead atoms. The maximum atomic E-state index is 13.8. The molecule has 0 amide bonds. The van der Waals surface area contributed by atoms with E-state index in [1.807, 2.05) is 0 Å². The maximum Gasteiger partial charge on any atom is 0.229 e. The highest BCUT2D eigenvalue weighted by atomic mass is 16.8. The van der Waals surface area contributed by atoms with Crippen molar-refractivity contribution in [3.05, 3.63) is 47.0 Å². The molecule has 3 aliphatic heterocycles. The van der Waals surface area contributed by atoms with Crippen LogP contribution in [0.4, 0.5) is 0 Å². The summed E-state index contributed by atoms with van der Waals surface area (Å²) in [6.45, 7) is 0.0524. The summed E-state index contributed by atoms with van der Waals surface area (Å²) in [6.07, 6.45) is -23.9. The number of hydrogen-bond acceptors (Lipinski definition) is 18. The number of rotatable bonds is 10. The molecular formula is C32H42O18. The number of phenolic OH excluding ortho intramolecular Hbond substituents is 3. The van der Waals surface area contributed by atoms with Crippen LogP contribution in [0, 0.1) is 0 Å². The average Bonchev–Trinajstić information content (AvgIpc) is 3.08. The molecule has 3 saturated heterocycles. The highest BCUT2D eigenvalue weighted by Crippen LogP contribution is 2.46. The number of benzene rings is 2. The first-order valence-electron chi connectivity index (χ1n) is 15.8. The normalized spacial score (nSPS) is 37.7. The van der Waals surface area contributed by atoms with Crippen LogP contribution in [-0.2, 0) is 25.4 Å². The van der Waals surface area contributed by atoms with Gasteiger partial charge in [0.2, 0.25) is 6.29 Å². The van der Waals surface area contributed by atoms with Gasteiger partial charge >= 0.3 is 0 Å². The van der Waals surface area contributed by atoms with Gasteiger partial charge in [0.15, 0.2) is 18.2 Å². The largest absolute Gasteiger partial charge is 0.508 e. The van der Waals surface area contributed by atoms with Crippen LogP contribution in [-0.4, -0.2) is 160 Å². The minimum Gasteiger partial charge on any atom is -0.508 e. The smallest absolute Gasteiger partial charge is 0.229 e. The van der Waals surface area contributed by atoms with Gasteiger partial charge in [-0.3, -0.25) is 4.79 Å². The van der Waals surface area contributed by atoms with Crippen molar-refractivity contribution in [3.63, 3.8) is 0 Å². The number of hydrogen-bond donors (Lipinski definition) is 12. The number of ketones is 1. The van der Waals surface area contributed by atoms with Crippen LogP contribution >= 0.6 is 0 Å². The Kier molecular flexibility index (Phi) is 11.8. The maximum absolute atomic E-state index is 13.8. The Morgan fingerprint density at radius 2 is 1.50 bits per heavy atom. The van der Waals surface area contributed by atoms with E-state index in [0.29, 0.717) is 5.56 Å². The van der Waals surface area contributed by atoms with Gasteiger partial charge in [0.25, 0.3) is 0 Å². The van der Waals surface area contributed by atoms with Crippen LogP contribution in [0.5, 0.6) is 23.0 Å². The summed E-state index contributed by atoms with van der Waals surface area (Å²) in [4.78, 5) is 13.8. The zero-order chi connectivity index (χ0) is 36.6. The molecule has 12 N–H and O–H groups in total. The first-order valence-corrected chi connectivity index (χ1v) is 15.8. The quantitative estimate of drug-likeness (QED) is 0.108. The molecule has 3 aliphatic rings. The molecule has 3 fully saturated rings. The molecule has 50 heavy (non-hydrogen) atoms. The monoisotopic (exact) mass is 714 g/mol. The number of carbonyl (C=O) groups excluding carboxylic acids is 1. The molecule has 18 nitrogen and oxygen atoms in total. The van der Waals surface area contributed by atoms with E-state index >= 15 is 0 Å². The van der Waals surface area contributed by atoms with Gasteiger partial charge in [-0.2, -0.15) is 0 Å². The van der Waals surface area contributed by atoms with Gasteiger partial charge in [0, 0.05) is 12.5 Å². The summed E-state index contributed by atoms with van der Waals surface area (Å²) in [5.41, 5.74) is -0.475. The Balaban J connectivity index is 1.52. The fourth-order valence-electron chi connectivity index (χ4n) is 6.10. The van der Waals surface area contributed by atoms with Crippen LogP contribution in [0.15, 0.2) is 30.3 Å². The SMILES string of the molecule is C[C@@H]1O[C@H](Oc2cc(O)c([C@@H]3OC[C@H](O)[C@@H](O)[C@@H]3O)c(O)c2C(=O)CCc2ccc(O)cc2)[C@@H](O[C@H]2O[C@@H](CO)[C@H](O)[C@@H](O)[C@@H]2O)[C@H](O)[C@@H]1O. The molecule has 14 atom stereocenters. The zero-order valence-electron chi connectivity index (χ0n) is 26.6. The molecule has 18 heteroatoms. The van der Waals surface area contributed by atoms with E-state index < -0.39 is 133 Å². The Labute approximate surface area is 284 Å². The zero-order valence-corrected chi connectivity index (χ0v) is 26.6. The summed E-state index contributed by atoms with van der Waals surface area (Å²) in [5.74, 6) is -3.07. The number of aliphatic hydroxyl groups is 9. The first kappa shape index (κ1) is 38.0. The van der Waals surface area contributed by atoms with Gasteiger partial charge in [0.05, 0.1) is 24.9 Å². The molecule has 0 aliphatic carbocycles. The van der Waals surface area contributed by atoms with Gasteiger partial charge in [-0.05, 0) is 31.0 Å². The highest BCUT2D eigenvalue weighted by molar-refractivity contribution is 6.02. The highest BCUT2D eigenvalue weighted by Gasteiger charge is 2.51. The summed E-state index contributed by atoms with van der Waals surface area (Å²) in [6, 6.07) is 6.80. The molecule has 0 aromatic heterocycles. The Hall–Kier alpha value is -3.21. The van der Waals surface area contributed by atoms with E-state index in [9.17, 15) is 66.1 Å². The standard InChI is InChI=1S/C32H42O18/c1-11-21(38)26(43)30(50-31-28(45)25(42)23(40)18(9-33)49-31)32(47-11)48-17-8-15(36)20(29-27(44)22(39)16(37)10-46-29)24(41)19(17)14(35)7-4-12-2-5-13(34)6-3-12/h2-3,5-6,8,11,16,18,21-23,25-34,36-45H,4,7,9-10H2,1H3/t11-,16-,18-,21+,22+,23-,25+,26+,27-,28-,29-,30-,31+,32+/m0/s1. The van der Waals surface area contributed by atoms with Gasteiger partial charge in [0.1, 0.15) is 89.6 Å². The van der Waals surface area contributed by atoms with Crippen molar-refractivity contribution in [3.8, 4) is 23.0 Å². The van der Waals surface area contributed by atoms with Crippen molar-refractivity contribution in [2.45, 2.75) is 106 Å². The first-order chi connectivity index (χ1) is 23.6. The van der Waals surface area contributed by atoms with Crippen molar-refractivity contribution in [1.29, 1.82) is 0 Å². The number of aromatic hydroxyl groups is 3. The molecule has 0 spiro atoms. The van der Waals surface area contributed by atoms with Crippen LogP contribution in [0.3, 0.4) is 0 Å². The topological polar surface area (TPSA) is 306 Å². The van der Waals surface area contributed by atoms with E-state index in [0.717, 1.165) is 6.07 Å². The van der Waals surface area contributed by atoms with Gasteiger partial charge < -0.3 is 85.0 Å². The minimum atomic E-state index is -1.93. The third-order valence-corrected chi connectivity index (χ3v) is 9.09. The summed E-state index contributed by atoms with van der Waals surface area (Å²) in [7, 11) is 0. The fraction of sp³-hybridized carbons (Fsp3) is 0.594. The van der Waals surface area contributed by atoms with Crippen LogP contribution in [0.1, 0.15) is 40.9 Å². The lowest BCUT2D eigenvalue weighted by atomic mass is 9.90. The van der Waals surface area contributed by atoms with Crippen molar-refractivity contribution in [1.82, 2.24) is 0 Å². The lowest BCUT2D eigenvalue weighted by molar-refractivity contribution is -0.355. The van der Waals surface area contributed by atoms with Gasteiger partial charge in [-0.1, -0.05) is 12.1 Å². The predicted octanol–water partition coefficient (Wildman–Crippen LogP) is -3.20. The number of aryl methyl sites for hydroxylation is 1. The number of aliphatic hydroxyl groups excluding tert-OH is 9. The molecule has 5 rings (SSSR count). The van der Waals surface area contributed by atoms with Crippen molar-refractivity contribution in [2.24, 2.45) is 0 Å². The number of carbonyl (C=O) groups is 1. The van der Waals surface area contributed by atoms with E-state index in [1.54, 1.807) is 12.1 Å². The molecule has 278 valence electrons. The summed E-state index contributed by atoms with van der Waals surface area (Å²) < 4.78 is 28.1. The number of Topliss-reactive ketones (excluding diaryl/α,β-unsaturated/α-hetero) is 1. The van der Waals surface area contributed by atoms with E-state index in [2.05, 4.69) is 0 Å². The van der Waals surface area contributed by atoms with Crippen LogP contribution in [0.25, 0.3) is 0 Å². The molecule has 0 saturated carbocycles. The van der Waals surface area contributed by atoms with Crippen LogP contribution in [0.2, 0.25) is 0 Å². The lowest BCUT2D eigenvalue weighted by Crippen LogP contribution is -2.64. The lowest BCUT2D eigenvalue weighted by Gasteiger charge is -2.45. The molecule has 2 aromatic carbocycles. The average molecular weight is 715 g/mol. The van der Waals surface area contributed by atoms with Crippen molar-refractivity contribution >= 4 is 5.78 Å². The fourth-order valence-corrected chi connectivity index (χ4v) is 6.10. The van der Waals surface area contributed by atoms with Crippen molar-refractivity contribution in [2.75, 3.05) is 13.2 Å². The van der Waals surface area contributed by atoms with E-state index in [4.69, 9.17) is 23.7 Å². The predicted molar refractivity (Wildman–Crippen MR) is 163 cm³/mol. The van der Waals surface area contributed by atoms with E-state index in [-0.39, 0.29) is 18.6 Å². The second kappa shape index (κ2) is 15.6. The van der Waals surface area contributed by atoms with Gasteiger partial charge in [-0.25, -0.2) is 0 Å². The molecule has 0 unspecified atom stereocenters. The van der Waals surface area contributed by atoms with Gasteiger partial charge in [-0.15, -0.1) is 0 Å². The second-order valence-corrected chi connectivity index (χ2v) is 12.5. The molecule has 2 aromatic rings. The van der Waals surface area contributed by atoms with Crippen LogP contribution < -0.4 is 4.74 Å². The Morgan fingerprint density at radius 3 is 2.16 bits per heavy atom. The number of ether oxygens (including phenoxy) is 5. The second-order valence-electron chi connectivity index (χ2n) is 12.5. The third-order valence-electron chi connectivity index (χ3n) is 9.09. The Morgan fingerprint density at radius 1 is 0.820 bits per heavy atom. The summed E-state index contributed by atoms with van der Waals surface area (Å²) in [5, 5.41) is 125. The molecule has 3 heterocycles. The third kappa shape index (κ3) is 7.53. The molecule has 0 radical (unpaired) electrons. The Bertz CT molecular complexity index is 1470. The van der Waals surface area contributed by atoms with E-state index in [1.165, 1.54) is 19.1 Å². The summed E-state index contributed by atoms with van der Waals surface area (Å²) >= 11 is 0. The van der Waals surface area contributed by atoms with Crippen molar-refractivity contribution < 1.29 is 89.8 Å². The number of phenols is 3. The minimum absolute atomic E-state index is 0.00978. The molecular weight excluding hydrogens is 672 g/mol.